The Labute approximate surface area is 53.3 Å². The van der Waals surface area contributed by atoms with Crippen LogP contribution >= 0.6 is 0 Å². The molecule has 0 aliphatic carbocycles. The molecule has 0 aliphatic heterocycles. The third-order valence-corrected chi connectivity index (χ3v) is 0.649. The van der Waals surface area contributed by atoms with Crippen LogP contribution in [0.15, 0.2) is 0 Å². The zero-order chi connectivity index (χ0) is 7.28. The number of carboxylic acid groups (broad SMARTS) is 1. The van der Waals surface area contributed by atoms with Crippen LogP contribution < -0.4 is 0 Å². The molecule has 0 aliphatic rings. The van der Waals surface area contributed by atoms with Gasteiger partial charge in [0.25, 0.3) is 0 Å². The smallest absolute Gasteiger partial charge is 0.345 e. The minimum Gasteiger partial charge on any atom is -0.479 e. The van der Waals surface area contributed by atoms with Gasteiger partial charge in [-0.15, -0.1) is 5.92 Å². The molecular formula is C6H8O3. The molecule has 3 nitrogen and oxygen atoms in total. The van der Waals surface area contributed by atoms with Gasteiger partial charge < -0.3 is 10.2 Å². The maximum Gasteiger partial charge on any atom is 0.345 e. The standard InChI is InChI=1S/C6H8O3/c1-2-3-4-5(7)6(8)9/h5,7H,2H2,1H3,(H,8,9). The molecule has 0 aromatic carbocycles. The summed E-state index contributed by atoms with van der Waals surface area (Å²) in [5.74, 6) is 3.29. The van der Waals surface area contributed by atoms with Crippen LogP contribution in [0.5, 0.6) is 0 Å². The lowest BCUT2D eigenvalue weighted by atomic mass is 10.3. The van der Waals surface area contributed by atoms with E-state index in [-0.39, 0.29) is 0 Å². The number of hydrogen-bond donors (Lipinski definition) is 2. The summed E-state index contributed by atoms with van der Waals surface area (Å²) in [5.41, 5.74) is 0. The molecule has 0 aromatic rings. The summed E-state index contributed by atoms with van der Waals surface area (Å²) >= 11 is 0. The van der Waals surface area contributed by atoms with Crippen LogP contribution in [0.3, 0.4) is 0 Å². The van der Waals surface area contributed by atoms with Crippen molar-refractivity contribution in [2.24, 2.45) is 0 Å². The highest BCUT2D eigenvalue weighted by atomic mass is 16.4. The van der Waals surface area contributed by atoms with E-state index in [2.05, 4.69) is 11.8 Å². The molecule has 0 saturated carbocycles. The van der Waals surface area contributed by atoms with Crippen LogP contribution in [-0.4, -0.2) is 22.3 Å². The van der Waals surface area contributed by atoms with Crippen molar-refractivity contribution >= 4 is 5.97 Å². The van der Waals surface area contributed by atoms with Gasteiger partial charge in [-0.25, -0.2) is 4.79 Å². The second kappa shape index (κ2) is 3.93. The number of aliphatic hydroxyl groups is 1. The van der Waals surface area contributed by atoms with Gasteiger partial charge in [-0.3, -0.25) is 0 Å². The molecule has 0 heterocycles. The third-order valence-electron chi connectivity index (χ3n) is 0.649. The highest BCUT2D eigenvalue weighted by Crippen LogP contribution is 1.78. The normalized spacial score (nSPS) is 11.3. The number of hydrogen-bond acceptors (Lipinski definition) is 2. The molecule has 2 N–H and O–H groups in total. The van der Waals surface area contributed by atoms with Gasteiger partial charge in [0.1, 0.15) is 0 Å². The van der Waals surface area contributed by atoms with Gasteiger partial charge in [0.05, 0.1) is 0 Å². The van der Waals surface area contributed by atoms with Crippen molar-refractivity contribution in [3.05, 3.63) is 0 Å². The predicted octanol–water partition coefficient (Wildman–Crippen LogP) is -0.155. The summed E-state index contributed by atoms with van der Waals surface area (Å²) < 4.78 is 0. The summed E-state index contributed by atoms with van der Waals surface area (Å²) in [6.45, 7) is 1.78. The zero-order valence-corrected chi connectivity index (χ0v) is 5.09. The van der Waals surface area contributed by atoms with E-state index in [0.717, 1.165) is 0 Å². The van der Waals surface area contributed by atoms with Gasteiger partial charge in [0, 0.05) is 6.42 Å². The van der Waals surface area contributed by atoms with E-state index in [1.165, 1.54) is 0 Å². The average Bonchev–Trinajstić information content (AvgIpc) is 1.82. The maximum absolute atomic E-state index is 9.85. The van der Waals surface area contributed by atoms with Gasteiger partial charge in [-0.2, -0.15) is 0 Å². The second-order valence-corrected chi connectivity index (χ2v) is 1.42. The van der Waals surface area contributed by atoms with Crippen molar-refractivity contribution in [1.82, 2.24) is 0 Å². The highest BCUT2D eigenvalue weighted by molar-refractivity contribution is 5.75. The van der Waals surface area contributed by atoms with Crippen molar-refractivity contribution in [3.63, 3.8) is 0 Å². The first kappa shape index (κ1) is 7.99. The van der Waals surface area contributed by atoms with E-state index in [1.54, 1.807) is 6.92 Å². The maximum atomic E-state index is 9.85. The molecule has 50 valence electrons. The molecule has 0 saturated heterocycles. The quantitative estimate of drug-likeness (QED) is 0.482. The SMILES string of the molecule is CCC#CC(O)C(=O)O. The average molecular weight is 128 g/mol. The Morgan fingerprint density at radius 2 is 2.33 bits per heavy atom. The van der Waals surface area contributed by atoms with Crippen molar-refractivity contribution in [3.8, 4) is 11.8 Å². The van der Waals surface area contributed by atoms with Gasteiger partial charge in [0.2, 0.25) is 6.10 Å². The van der Waals surface area contributed by atoms with Crippen molar-refractivity contribution in [2.45, 2.75) is 19.4 Å². The van der Waals surface area contributed by atoms with Crippen molar-refractivity contribution in [2.75, 3.05) is 0 Å². The van der Waals surface area contributed by atoms with Crippen LogP contribution in [0.2, 0.25) is 0 Å². The molecule has 0 bridgehead atoms. The van der Waals surface area contributed by atoms with Gasteiger partial charge in [-0.05, 0) is 0 Å². The molecule has 0 rings (SSSR count). The molecule has 0 radical (unpaired) electrons. The Kier molecular flexibility index (Phi) is 3.49. The molecule has 0 fully saturated rings. The largest absolute Gasteiger partial charge is 0.479 e. The fourth-order valence-electron chi connectivity index (χ4n) is 0.260. The van der Waals surface area contributed by atoms with Crippen LogP contribution in [-0.2, 0) is 4.79 Å². The first-order chi connectivity index (χ1) is 4.18. The van der Waals surface area contributed by atoms with Crippen LogP contribution in [0, 0.1) is 11.8 Å². The molecule has 0 spiro atoms. The Bertz CT molecular complexity index is 151. The third kappa shape index (κ3) is 3.56. The van der Waals surface area contributed by atoms with E-state index in [1.807, 2.05) is 0 Å². The summed E-state index contributed by atoms with van der Waals surface area (Å²) in [4.78, 5) is 9.85. The molecule has 1 unspecified atom stereocenters. The number of carbonyl (C=O) groups is 1. The zero-order valence-electron chi connectivity index (χ0n) is 5.09. The Balaban J connectivity index is 3.75. The van der Waals surface area contributed by atoms with Crippen LogP contribution in [0.25, 0.3) is 0 Å². The molecule has 0 amide bonds. The minimum absolute atomic E-state index is 0.560. The monoisotopic (exact) mass is 128 g/mol. The minimum atomic E-state index is -1.52. The van der Waals surface area contributed by atoms with Gasteiger partial charge in [-0.1, -0.05) is 12.8 Å². The van der Waals surface area contributed by atoms with E-state index in [4.69, 9.17) is 10.2 Å². The molecular weight excluding hydrogens is 120 g/mol. The van der Waals surface area contributed by atoms with Crippen molar-refractivity contribution < 1.29 is 15.0 Å². The van der Waals surface area contributed by atoms with E-state index in [9.17, 15) is 4.79 Å². The molecule has 0 aromatic heterocycles. The fraction of sp³-hybridized carbons (Fsp3) is 0.500. The summed E-state index contributed by atoms with van der Waals surface area (Å²) in [7, 11) is 0. The highest BCUT2D eigenvalue weighted by Gasteiger charge is 2.06. The second-order valence-electron chi connectivity index (χ2n) is 1.42. The predicted molar refractivity (Wildman–Crippen MR) is 31.7 cm³/mol. The number of aliphatic hydroxyl groups excluding tert-OH is 1. The summed E-state index contributed by atoms with van der Waals surface area (Å²) in [5, 5.41) is 16.5. The first-order valence-electron chi connectivity index (χ1n) is 2.57. The van der Waals surface area contributed by atoms with Crippen molar-refractivity contribution in [1.29, 1.82) is 0 Å². The van der Waals surface area contributed by atoms with E-state index < -0.39 is 12.1 Å². The number of carboxylic acids is 1. The Morgan fingerprint density at radius 1 is 1.78 bits per heavy atom. The lowest BCUT2D eigenvalue weighted by Crippen LogP contribution is -2.16. The van der Waals surface area contributed by atoms with E-state index in [0.29, 0.717) is 6.42 Å². The lowest BCUT2D eigenvalue weighted by Gasteiger charge is -1.90. The summed E-state index contributed by atoms with van der Waals surface area (Å²) in [6, 6.07) is 0. The van der Waals surface area contributed by atoms with Gasteiger partial charge in [0.15, 0.2) is 0 Å². The Hall–Kier alpha value is -1.01. The van der Waals surface area contributed by atoms with Crippen LogP contribution in [0.1, 0.15) is 13.3 Å². The number of rotatable bonds is 1. The van der Waals surface area contributed by atoms with Gasteiger partial charge >= 0.3 is 5.97 Å². The van der Waals surface area contributed by atoms with E-state index >= 15 is 0 Å². The lowest BCUT2D eigenvalue weighted by molar-refractivity contribution is -0.143. The molecule has 3 heteroatoms. The molecule has 9 heavy (non-hydrogen) atoms. The summed E-state index contributed by atoms with van der Waals surface area (Å²) in [6.07, 6.45) is -0.963. The fourth-order valence-corrected chi connectivity index (χ4v) is 0.260. The van der Waals surface area contributed by atoms with Crippen LogP contribution in [0.4, 0.5) is 0 Å². The first-order valence-corrected chi connectivity index (χ1v) is 2.57. The topological polar surface area (TPSA) is 57.5 Å². The molecule has 1 atom stereocenters. The Morgan fingerprint density at radius 3 is 2.67 bits per heavy atom. The number of aliphatic carboxylic acids is 1.